The van der Waals surface area contributed by atoms with Crippen LogP contribution in [0.15, 0.2) is 104 Å². The van der Waals surface area contributed by atoms with Gasteiger partial charge in [0.05, 0.1) is 28.6 Å². The molecule has 1 heterocycles. The van der Waals surface area contributed by atoms with Crippen LogP contribution in [0, 0.1) is 11.8 Å². The van der Waals surface area contributed by atoms with Crippen LogP contribution in [0.4, 0.5) is 0 Å². The maximum atomic E-state index is 14.1. The summed E-state index contributed by atoms with van der Waals surface area (Å²) in [7, 11) is -2.84. The van der Waals surface area contributed by atoms with Crippen molar-refractivity contribution in [3.05, 3.63) is 120 Å². The topological polar surface area (TPSA) is 119 Å². The first kappa shape index (κ1) is 41.4. The Labute approximate surface area is 324 Å². The summed E-state index contributed by atoms with van der Waals surface area (Å²) < 4.78 is 13.6. The lowest BCUT2D eigenvalue weighted by Gasteiger charge is -2.52. The van der Waals surface area contributed by atoms with Crippen molar-refractivity contribution in [2.45, 2.75) is 45.7 Å². The van der Waals surface area contributed by atoms with E-state index in [-0.39, 0.29) is 6.61 Å². The monoisotopic (exact) mass is 805 g/mol. The van der Waals surface area contributed by atoms with E-state index in [9.17, 15) is 24.3 Å². The molecule has 3 aromatic rings. The standard InChI is InChI=1S/C38H42Cl3NO8SSi/c1-6-22-48-35(47)36(24-43,52(3,4)5)50-30(44)23-42-32(45)31(26(2)34(46)49-25-37(39,40)41)33(42)51-38(27-16-10-7-11-17-27,28-18-12-8-13-19-28)29-20-14-9-15-21-29/h6-21,26,31,33,43H,1,22-25H2,2-5H3. The number of nitrogens with zero attached hydrogens (tertiary/aromatic N) is 1. The number of amides is 1. The summed E-state index contributed by atoms with van der Waals surface area (Å²) in [6.45, 7) is 8.30. The molecule has 0 aliphatic carbocycles. The molecule has 1 saturated heterocycles. The number of ether oxygens (including phenoxy) is 3. The van der Waals surface area contributed by atoms with E-state index in [0.29, 0.717) is 0 Å². The molecule has 4 atom stereocenters. The minimum Gasteiger partial charge on any atom is -0.461 e. The highest BCUT2D eigenvalue weighted by molar-refractivity contribution is 8.01. The molecule has 0 saturated carbocycles. The van der Waals surface area contributed by atoms with Gasteiger partial charge in [0, 0.05) is 0 Å². The highest BCUT2D eigenvalue weighted by Gasteiger charge is 2.59. The van der Waals surface area contributed by atoms with E-state index in [1.54, 1.807) is 26.6 Å². The molecule has 4 unspecified atom stereocenters. The summed E-state index contributed by atoms with van der Waals surface area (Å²) in [6, 6.07) is 29.1. The molecule has 52 heavy (non-hydrogen) atoms. The average molecular weight is 807 g/mol. The number of esters is 3. The van der Waals surface area contributed by atoms with Crippen LogP contribution >= 0.6 is 46.6 Å². The van der Waals surface area contributed by atoms with Gasteiger partial charge in [-0.3, -0.25) is 14.4 Å². The average Bonchev–Trinajstić information content (AvgIpc) is 3.12. The Balaban J connectivity index is 1.82. The number of halogens is 3. The molecule has 1 N–H and O–H groups in total. The van der Waals surface area contributed by atoms with E-state index in [2.05, 4.69) is 6.58 Å². The van der Waals surface area contributed by atoms with Crippen molar-refractivity contribution >= 4 is 78.5 Å². The minimum absolute atomic E-state index is 0.152. The number of aliphatic hydroxyl groups excluding tert-OH is 1. The van der Waals surface area contributed by atoms with E-state index in [4.69, 9.17) is 49.0 Å². The fourth-order valence-electron chi connectivity index (χ4n) is 6.10. The van der Waals surface area contributed by atoms with Gasteiger partial charge in [-0.1, -0.05) is 165 Å². The second-order valence-electron chi connectivity index (χ2n) is 13.4. The molecule has 1 amide bonds. The van der Waals surface area contributed by atoms with Gasteiger partial charge in [-0.05, 0) is 16.7 Å². The van der Waals surface area contributed by atoms with Crippen LogP contribution in [-0.2, 0) is 38.1 Å². The number of rotatable bonds is 16. The normalized spacial score (nSPS) is 18.0. The summed E-state index contributed by atoms with van der Waals surface area (Å²) in [5.41, 5.74) is 2.65. The van der Waals surface area contributed by atoms with Gasteiger partial charge >= 0.3 is 17.9 Å². The zero-order chi connectivity index (χ0) is 38.3. The van der Waals surface area contributed by atoms with Crippen LogP contribution in [0.5, 0.6) is 0 Å². The lowest BCUT2D eigenvalue weighted by molar-refractivity contribution is -0.181. The van der Waals surface area contributed by atoms with E-state index in [0.717, 1.165) is 16.7 Å². The van der Waals surface area contributed by atoms with E-state index >= 15 is 0 Å². The minimum atomic E-state index is -2.84. The lowest BCUT2D eigenvalue weighted by Crippen LogP contribution is -2.67. The van der Waals surface area contributed by atoms with E-state index < -0.39 is 82.6 Å². The van der Waals surface area contributed by atoms with E-state index in [1.165, 1.54) is 22.7 Å². The van der Waals surface area contributed by atoms with Crippen LogP contribution in [0.25, 0.3) is 0 Å². The van der Waals surface area contributed by atoms with Crippen molar-refractivity contribution in [3.63, 3.8) is 0 Å². The first-order valence-corrected chi connectivity index (χ1v) is 22.0. The molecular weight excluding hydrogens is 765 g/mol. The molecule has 1 fully saturated rings. The number of aliphatic hydroxyl groups is 1. The first-order valence-electron chi connectivity index (χ1n) is 16.5. The zero-order valence-electron chi connectivity index (χ0n) is 29.3. The Hall–Kier alpha value is -3.32. The van der Waals surface area contributed by atoms with Gasteiger partial charge < -0.3 is 24.2 Å². The Kier molecular flexibility index (Phi) is 13.7. The predicted molar refractivity (Wildman–Crippen MR) is 207 cm³/mol. The third-order valence-electron chi connectivity index (χ3n) is 8.99. The van der Waals surface area contributed by atoms with Gasteiger partial charge in [0.2, 0.25) is 14.9 Å². The summed E-state index contributed by atoms with van der Waals surface area (Å²) in [5, 5.41) is 7.74. The third-order valence-corrected chi connectivity index (χ3v) is 14.1. The molecule has 0 radical (unpaired) electrons. The number of likely N-dealkylation sites (tertiary alicyclic amines) is 1. The van der Waals surface area contributed by atoms with Crippen LogP contribution in [0.2, 0.25) is 19.6 Å². The largest absolute Gasteiger partial charge is 0.461 e. The molecular formula is C38H42Cl3NO8SSi. The van der Waals surface area contributed by atoms with Crippen molar-refractivity contribution in [3.8, 4) is 0 Å². The second kappa shape index (κ2) is 17.2. The number of benzene rings is 3. The number of carbonyl (C=O) groups excluding carboxylic acids is 4. The number of alkyl halides is 3. The van der Waals surface area contributed by atoms with Crippen molar-refractivity contribution < 1.29 is 38.5 Å². The Morgan fingerprint density at radius 3 is 1.79 bits per heavy atom. The quantitative estimate of drug-likeness (QED) is 0.0313. The molecule has 1 aliphatic rings. The van der Waals surface area contributed by atoms with Gasteiger partial charge in [0.1, 0.15) is 27.8 Å². The number of thioether (sulfide) groups is 1. The third kappa shape index (κ3) is 8.89. The number of hydrogen-bond donors (Lipinski definition) is 1. The van der Waals surface area contributed by atoms with E-state index in [1.807, 2.05) is 91.0 Å². The van der Waals surface area contributed by atoms with Crippen molar-refractivity contribution in [2.75, 3.05) is 26.4 Å². The first-order chi connectivity index (χ1) is 24.5. The number of carbonyl (C=O) groups is 4. The predicted octanol–water partition coefficient (Wildman–Crippen LogP) is 6.93. The molecule has 9 nitrogen and oxygen atoms in total. The maximum Gasteiger partial charge on any atom is 0.349 e. The Morgan fingerprint density at radius 2 is 1.38 bits per heavy atom. The van der Waals surface area contributed by atoms with Crippen molar-refractivity contribution in [1.82, 2.24) is 4.90 Å². The lowest BCUT2D eigenvalue weighted by atomic mass is 9.83. The van der Waals surface area contributed by atoms with Crippen molar-refractivity contribution in [1.29, 1.82) is 0 Å². The maximum absolute atomic E-state index is 14.1. The molecule has 0 spiro atoms. The number of hydrogen-bond acceptors (Lipinski definition) is 9. The summed E-state index contributed by atoms with van der Waals surface area (Å²) in [6.07, 6.45) is 1.37. The van der Waals surface area contributed by atoms with Gasteiger partial charge in [0.15, 0.2) is 0 Å². The van der Waals surface area contributed by atoms with Crippen LogP contribution < -0.4 is 0 Å². The molecule has 1 aliphatic heterocycles. The second-order valence-corrected chi connectivity index (χ2v) is 22.5. The van der Waals surface area contributed by atoms with Crippen LogP contribution in [-0.4, -0.2) is 82.7 Å². The highest BCUT2D eigenvalue weighted by atomic mass is 35.6. The molecule has 0 bridgehead atoms. The van der Waals surface area contributed by atoms with Crippen LogP contribution in [0.1, 0.15) is 23.6 Å². The molecule has 3 aromatic carbocycles. The summed E-state index contributed by atoms with van der Waals surface area (Å²) in [4.78, 5) is 56.0. The van der Waals surface area contributed by atoms with Crippen molar-refractivity contribution in [2.24, 2.45) is 11.8 Å². The zero-order valence-corrected chi connectivity index (χ0v) is 33.4. The summed E-state index contributed by atoms with van der Waals surface area (Å²) >= 11 is 18.9. The van der Waals surface area contributed by atoms with Gasteiger partial charge in [-0.25, -0.2) is 4.79 Å². The van der Waals surface area contributed by atoms with Gasteiger partial charge in [0.25, 0.3) is 0 Å². The smallest absolute Gasteiger partial charge is 0.349 e. The summed E-state index contributed by atoms with van der Waals surface area (Å²) in [5.74, 6) is -5.10. The SMILES string of the molecule is C=CCOC(=O)C(CO)(OC(=O)CN1C(=O)C(C(C)C(=O)OCC(Cl)(Cl)Cl)C1SC(c1ccccc1)(c1ccccc1)c1ccccc1)[Si](C)(C)C. The molecule has 14 heteroatoms. The van der Waals surface area contributed by atoms with Gasteiger partial charge in [-0.2, -0.15) is 0 Å². The van der Waals surface area contributed by atoms with Gasteiger partial charge in [-0.15, -0.1) is 11.8 Å². The Bertz CT molecular complexity index is 1630. The highest BCUT2D eigenvalue weighted by Crippen LogP contribution is 2.55. The fraction of sp³-hybridized carbons (Fsp3) is 0.368. The fourth-order valence-corrected chi connectivity index (χ4v) is 9.83. The molecule has 0 aromatic heterocycles. The number of β-lactam (4-membered cyclic amide) rings is 1. The Morgan fingerprint density at radius 1 is 0.904 bits per heavy atom. The molecule has 4 rings (SSSR count). The van der Waals surface area contributed by atoms with Crippen LogP contribution in [0.3, 0.4) is 0 Å². The molecule has 278 valence electrons.